The Morgan fingerprint density at radius 3 is 2.93 bits per heavy atom. The number of hydrogen-bond acceptors (Lipinski definition) is 6. The topological polar surface area (TPSA) is 97.5 Å². The Bertz CT molecular complexity index is 985. The van der Waals surface area contributed by atoms with Crippen molar-refractivity contribution in [2.75, 3.05) is 12.0 Å². The second-order valence-electron chi connectivity index (χ2n) is 6.37. The predicted molar refractivity (Wildman–Crippen MR) is 111 cm³/mol. The monoisotopic (exact) mass is 381 g/mol. The van der Waals surface area contributed by atoms with E-state index >= 15 is 0 Å². The van der Waals surface area contributed by atoms with Crippen molar-refractivity contribution in [1.29, 1.82) is 0 Å². The van der Waals surface area contributed by atoms with Crippen molar-refractivity contribution in [3.8, 4) is 0 Å². The number of Topliss-reactive ketones (excluding diaryl/α,β-unsaturated/α-hetero) is 1. The molecule has 0 aliphatic carbocycles. The van der Waals surface area contributed by atoms with Crippen LogP contribution >= 0.6 is 13.5 Å². The Kier molecular flexibility index (Phi) is 5.81. The van der Waals surface area contributed by atoms with Gasteiger partial charge in [-0.2, -0.15) is 13.5 Å². The zero-order chi connectivity index (χ0) is 18.1. The van der Waals surface area contributed by atoms with Crippen molar-refractivity contribution in [3.63, 3.8) is 0 Å². The molecular weight excluding hydrogens is 361 g/mol. The number of carbonyl (C=O) groups is 1. The van der Waals surface area contributed by atoms with Crippen molar-refractivity contribution in [2.45, 2.75) is 12.3 Å². The molecule has 6 nitrogen and oxygen atoms in total. The molecule has 0 spiro atoms. The molecule has 8 heteroatoms. The first-order valence-corrected chi connectivity index (χ1v) is 8.45. The van der Waals surface area contributed by atoms with E-state index in [-0.39, 0.29) is 32.2 Å². The lowest BCUT2D eigenvalue weighted by Gasteiger charge is -2.17. The minimum absolute atomic E-state index is 0. The molecule has 2 heterocycles. The van der Waals surface area contributed by atoms with Crippen LogP contribution in [0.5, 0.6) is 0 Å². The first-order chi connectivity index (χ1) is 12.7. The highest BCUT2D eigenvalue weighted by Crippen LogP contribution is 2.28. The molecule has 0 saturated carbocycles. The Morgan fingerprint density at radius 1 is 1.26 bits per heavy atom. The average Bonchev–Trinajstić information content (AvgIpc) is 3.04. The smallest absolute Gasteiger partial charge is 0.422 e. The van der Waals surface area contributed by atoms with E-state index in [0.29, 0.717) is 11.2 Å². The van der Waals surface area contributed by atoms with Crippen LogP contribution in [0.1, 0.15) is 17.0 Å². The molecule has 0 amide bonds. The summed E-state index contributed by atoms with van der Waals surface area (Å²) >= 11 is 0. The number of fused-ring (bicyclic) bond motifs is 2. The van der Waals surface area contributed by atoms with E-state index in [1.807, 2.05) is 30.3 Å². The van der Waals surface area contributed by atoms with Gasteiger partial charge in [0.25, 0.3) is 0 Å². The largest absolute Gasteiger partial charge is 0.516 e. The Hall–Kier alpha value is -2.39. The molecule has 3 aromatic rings. The maximum Gasteiger partial charge on any atom is 0.516 e. The molecule has 4 rings (SSSR count). The molecule has 1 aromatic heterocycles. The van der Waals surface area contributed by atoms with Crippen molar-refractivity contribution >= 4 is 48.3 Å². The summed E-state index contributed by atoms with van der Waals surface area (Å²) in [6.07, 6.45) is 3.82. The van der Waals surface area contributed by atoms with Crippen LogP contribution in [0.25, 0.3) is 10.8 Å². The van der Waals surface area contributed by atoms with Crippen LogP contribution in [0, 0.1) is 0 Å². The molecule has 0 radical (unpaired) electrons. The SMILES string of the molecule is NC[C@@H](C(=O)Cc1ccc2cnccc2c1)c1cccc2c1NOB2O.S. The number of para-hydroxylation sites is 1. The van der Waals surface area contributed by atoms with Gasteiger partial charge in [0, 0.05) is 36.2 Å². The quantitative estimate of drug-likeness (QED) is 0.576. The maximum atomic E-state index is 12.9. The van der Waals surface area contributed by atoms with E-state index in [2.05, 4.69) is 10.5 Å². The van der Waals surface area contributed by atoms with Crippen molar-refractivity contribution < 1.29 is 14.6 Å². The molecule has 138 valence electrons. The number of aromatic nitrogens is 1. The van der Waals surface area contributed by atoms with Gasteiger partial charge in [0.2, 0.25) is 0 Å². The van der Waals surface area contributed by atoms with E-state index < -0.39 is 13.0 Å². The minimum atomic E-state index is -1.03. The summed E-state index contributed by atoms with van der Waals surface area (Å²) in [5, 5.41) is 11.9. The van der Waals surface area contributed by atoms with E-state index in [1.165, 1.54) is 0 Å². The second kappa shape index (κ2) is 8.10. The Balaban J connectivity index is 0.00000210. The van der Waals surface area contributed by atoms with Gasteiger partial charge in [0.15, 0.2) is 0 Å². The van der Waals surface area contributed by atoms with E-state index in [0.717, 1.165) is 21.9 Å². The number of nitrogens with one attached hydrogen (secondary N) is 1. The summed E-state index contributed by atoms with van der Waals surface area (Å²) in [6.45, 7) is 0.185. The molecule has 4 N–H and O–H groups in total. The molecular formula is C19H20BN3O3S. The molecule has 0 unspecified atom stereocenters. The van der Waals surface area contributed by atoms with Crippen LogP contribution in [0.4, 0.5) is 5.69 Å². The summed E-state index contributed by atoms with van der Waals surface area (Å²) < 4.78 is 5.05. The molecule has 0 bridgehead atoms. The Morgan fingerprint density at radius 2 is 2.11 bits per heavy atom. The fraction of sp³-hybridized carbons (Fsp3) is 0.158. The number of nitrogens with two attached hydrogens (primary N) is 1. The third-order valence-electron chi connectivity index (χ3n) is 4.75. The highest BCUT2D eigenvalue weighted by Gasteiger charge is 2.32. The number of pyridine rings is 1. The van der Waals surface area contributed by atoms with Gasteiger partial charge < -0.3 is 10.8 Å². The first-order valence-electron chi connectivity index (χ1n) is 8.45. The number of carbonyl (C=O) groups excluding carboxylic acids is 1. The molecule has 1 aliphatic heterocycles. The van der Waals surface area contributed by atoms with Crippen molar-refractivity contribution in [2.24, 2.45) is 5.73 Å². The van der Waals surface area contributed by atoms with Gasteiger partial charge in [-0.3, -0.25) is 20.0 Å². The zero-order valence-electron chi connectivity index (χ0n) is 14.6. The number of ketones is 1. The molecule has 0 saturated heterocycles. The number of benzene rings is 2. The summed E-state index contributed by atoms with van der Waals surface area (Å²) in [6, 6.07) is 13.2. The summed E-state index contributed by atoms with van der Waals surface area (Å²) in [5.74, 6) is -0.447. The lowest BCUT2D eigenvalue weighted by atomic mass is 9.77. The van der Waals surface area contributed by atoms with Gasteiger partial charge in [-0.25, -0.2) is 0 Å². The lowest BCUT2D eigenvalue weighted by molar-refractivity contribution is -0.119. The highest BCUT2D eigenvalue weighted by molar-refractivity contribution is 7.59. The third-order valence-corrected chi connectivity index (χ3v) is 4.75. The summed E-state index contributed by atoms with van der Waals surface area (Å²) in [4.78, 5) is 17.0. The maximum absolute atomic E-state index is 12.9. The fourth-order valence-corrected chi connectivity index (χ4v) is 3.38. The number of anilines is 1. The predicted octanol–water partition coefficient (Wildman–Crippen LogP) is 1.25. The first kappa shape index (κ1) is 19.4. The van der Waals surface area contributed by atoms with Gasteiger partial charge >= 0.3 is 7.12 Å². The summed E-state index contributed by atoms with van der Waals surface area (Å²) in [7, 11) is -1.03. The normalized spacial score (nSPS) is 13.6. The summed E-state index contributed by atoms with van der Waals surface area (Å²) in [5.41, 5.74) is 11.6. The highest BCUT2D eigenvalue weighted by atomic mass is 32.1. The second-order valence-corrected chi connectivity index (χ2v) is 6.37. The zero-order valence-corrected chi connectivity index (χ0v) is 15.6. The fourth-order valence-electron chi connectivity index (χ4n) is 3.38. The van der Waals surface area contributed by atoms with E-state index in [4.69, 9.17) is 10.5 Å². The van der Waals surface area contributed by atoms with Crippen LogP contribution in [0.2, 0.25) is 0 Å². The van der Waals surface area contributed by atoms with E-state index in [1.54, 1.807) is 24.5 Å². The van der Waals surface area contributed by atoms with Crippen LogP contribution in [0.3, 0.4) is 0 Å². The number of nitrogens with zero attached hydrogens (tertiary/aromatic N) is 1. The van der Waals surface area contributed by atoms with Crippen molar-refractivity contribution in [1.82, 2.24) is 4.98 Å². The van der Waals surface area contributed by atoms with Gasteiger partial charge in [0.05, 0.1) is 11.6 Å². The standard InChI is InChI=1S/C19H18BN3O3.H2S/c21-10-16(15-2-1-3-17-19(15)23-26-20(17)25)18(24)9-12-4-5-14-11-22-7-6-13(14)8-12;/h1-8,11,16,23,25H,9-10,21H2;1H2/t16-;/m1./s1. The average molecular weight is 381 g/mol. The number of rotatable bonds is 5. The van der Waals surface area contributed by atoms with Crippen molar-refractivity contribution in [3.05, 3.63) is 66.0 Å². The van der Waals surface area contributed by atoms with Gasteiger partial charge in [-0.05, 0) is 22.6 Å². The van der Waals surface area contributed by atoms with Crippen LogP contribution < -0.4 is 16.7 Å². The van der Waals surface area contributed by atoms with Gasteiger partial charge in [-0.1, -0.05) is 36.4 Å². The van der Waals surface area contributed by atoms with Gasteiger partial charge in [-0.15, -0.1) is 0 Å². The molecule has 1 aliphatic rings. The lowest BCUT2D eigenvalue weighted by Crippen LogP contribution is -2.28. The molecule has 0 fully saturated rings. The van der Waals surface area contributed by atoms with Crippen LogP contribution in [0.15, 0.2) is 54.9 Å². The third kappa shape index (κ3) is 3.70. The Labute approximate surface area is 164 Å². The van der Waals surface area contributed by atoms with E-state index in [9.17, 15) is 9.82 Å². The minimum Gasteiger partial charge on any atom is -0.422 e. The molecule has 2 aromatic carbocycles. The van der Waals surface area contributed by atoms with Crippen LogP contribution in [-0.2, 0) is 16.0 Å². The molecule has 1 atom stereocenters. The molecule has 27 heavy (non-hydrogen) atoms. The van der Waals surface area contributed by atoms with Gasteiger partial charge in [0.1, 0.15) is 5.78 Å². The van der Waals surface area contributed by atoms with Crippen LogP contribution in [-0.4, -0.2) is 29.5 Å². The number of hydrogen-bond donors (Lipinski definition) is 3.